The fourth-order valence-corrected chi connectivity index (χ4v) is 4.80. The van der Waals surface area contributed by atoms with E-state index in [1.54, 1.807) is 6.07 Å². The summed E-state index contributed by atoms with van der Waals surface area (Å²) >= 11 is 6.16. The molecule has 0 saturated carbocycles. The third-order valence-electron chi connectivity index (χ3n) is 4.21. The van der Waals surface area contributed by atoms with Crippen LogP contribution in [0.25, 0.3) is 0 Å². The molecule has 0 aromatic heterocycles. The Morgan fingerprint density at radius 2 is 1.96 bits per heavy atom. The molecule has 0 bridgehead atoms. The predicted octanol–water partition coefficient (Wildman–Crippen LogP) is 2.47. The Hall–Kier alpha value is -2.29. The number of carbonyl (C=O) groups is 1. The van der Waals surface area contributed by atoms with Crippen LogP contribution in [-0.2, 0) is 14.8 Å². The second kappa shape index (κ2) is 6.46. The van der Waals surface area contributed by atoms with Gasteiger partial charge >= 0.3 is 0 Å². The highest BCUT2D eigenvalue weighted by Gasteiger charge is 2.29. The molecule has 9 heteroatoms. The standard InChI is InChI=1S/C17H15ClN2O5S/c18-11-7-13-15(25-9-17(21)19-13)8-16(11)26(22,23)20-12-5-6-24-14-4-2-1-3-10(12)14/h1-4,7-8,12,20H,5-6,9H2,(H,19,21). The van der Waals surface area contributed by atoms with Crippen LogP contribution in [0.3, 0.4) is 0 Å². The molecule has 0 spiro atoms. The summed E-state index contributed by atoms with van der Waals surface area (Å²) < 4.78 is 39.3. The molecule has 7 nitrogen and oxygen atoms in total. The van der Waals surface area contributed by atoms with Crippen LogP contribution in [-0.4, -0.2) is 27.5 Å². The number of amides is 1. The van der Waals surface area contributed by atoms with Gasteiger partial charge in [0.1, 0.15) is 16.4 Å². The SMILES string of the molecule is O=C1COc2cc(S(=O)(=O)NC3CCOc4ccccc43)c(Cl)cc2N1. The molecule has 0 fully saturated rings. The van der Waals surface area contributed by atoms with Crippen LogP contribution >= 0.6 is 11.6 Å². The molecule has 1 unspecified atom stereocenters. The molecule has 2 N–H and O–H groups in total. The van der Waals surface area contributed by atoms with Gasteiger partial charge in [0.15, 0.2) is 6.61 Å². The Labute approximate surface area is 155 Å². The van der Waals surface area contributed by atoms with E-state index in [0.717, 1.165) is 5.56 Å². The number of nitrogens with one attached hydrogen (secondary N) is 2. The smallest absolute Gasteiger partial charge is 0.262 e. The monoisotopic (exact) mass is 394 g/mol. The molecule has 2 aromatic rings. The molecule has 136 valence electrons. The van der Waals surface area contributed by atoms with Crippen LogP contribution < -0.4 is 19.5 Å². The van der Waals surface area contributed by atoms with Crippen LogP contribution in [0.4, 0.5) is 5.69 Å². The van der Waals surface area contributed by atoms with Gasteiger partial charge in [-0.25, -0.2) is 13.1 Å². The second-order valence-electron chi connectivity index (χ2n) is 5.96. The summed E-state index contributed by atoms with van der Waals surface area (Å²) in [6.07, 6.45) is 0.505. The maximum atomic E-state index is 12.9. The number of hydrogen-bond acceptors (Lipinski definition) is 5. The van der Waals surface area contributed by atoms with Crippen LogP contribution in [0.1, 0.15) is 18.0 Å². The fourth-order valence-electron chi connectivity index (χ4n) is 3.00. The van der Waals surface area contributed by atoms with Crippen LogP contribution in [0.15, 0.2) is 41.3 Å². The summed E-state index contributed by atoms with van der Waals surface area (Å²) in [7, 11) is -3.91. The highest BCUT2D eigenvalue weighted by molar-refractivity contribution is 7.89. The molecule has 1 atom stereocenters. The highest BCUT2D eigenvalue weighted by atomic mass is 35.5. The lowest BCUT2D eigenvalue weighted by Crippen LogP contribution is -2.32. The summed E-state index contributed by atoms with van der Waals surface area (Å²) in [6.45, 7) is 0.242. The van der Waals surface area contributed by atoms with Gasteiger partial charge in [0, 0.05) is 18.1 Å². The van der Waals surface area contributed by atoms with Gasteiger partial charge < -0.3 is 14.8 Å². The normalized spacial score (nSPS) is 18.8. The van der Waals surface area contributed by atoms with E-state index in [-0.39, 0.29) is 28.2 Å². The zero-order chi connectivity index (χ0) is 18.3. The molecule has 2 heterocycles. The number of halogens is 1. The van der Waals surface area contributed by atoms with Crippen molar-refractivity contribution in [1.29, 1.82) is 0 Å². The molecule has 0 saturated heterocycles. The van der Waals surface area contributed by atoms with Crippen LogP contribution in [0.2, 0.25) is 5.02 Å². The number of ether oxygens (including phenoxy) is 2. The molecular formula is C17H15ClN2O5S. The number of sulfonamides is 1. The zero-order valence-electron chi connectivity index (χ0n) is 13.5. The number of benzene rings is 2. The maximum absolute atomic E-state index is 12.9. The van der Waals surface area contributed by atoms with E-state index in [1.165, 1.54) is 12.1 Å². The average molecular weight is 395 g/mol. The van der Waals surface area contributed by atoms with E-state index in [2.05, 4.69) is 10.0 Å². The summed E-state index contributed by atoms with van der Waals surface area (Å²) in [5.41, 5.74) is 1.13. The molecule has 0 radical (unpaired) electrons. The Morgan fingerprint density at radius 1 is 1.15 bits per heavy atom. The first-order valence-electron chi connectivity index (χ1n) is 7.94. The van der Waals surface area contributed by atoms with Gasteiger partial charge in [-0.05, 0) is 12.1 Å². The van der Waals surface area contributed by atoms with Gasteiger partial charge in [-0.15, -0.1) is 0 Å². The van der Waals surface area contributed by atoms with Crippen LogP contribution in [0, 0.1) is 0 Å². The van der Waals surface area contributed by atoms with Gasteiger partial charge in [0.25, 0.3) is 5.91 Å². The Morgan fingerprint density at radius 3 is 2.81 bits per heavy atom. The summed E-state index contributed by atoms with van der Waals surface area (Å²) in [5.74, 6) is 0.608. The zero-order valence-corrected chi connectivity index (χ0v) is 15.1. The molecular weight excluding hydrogens is 380 g/mol. The number of anilines is 1. The second-order valence-corrected chi connectivity index (χ2v) is 8.05. The van der Waals surface area contributed by atoms with Gasteiger partial charge in [-0.2, -0.15) is 0 Å². The van der Waals surface area contributed by atoms with Crippen molar-refractivity contribution in [3.8, 4) is 11.5 Å². The molecule has 2 aromatic carbocycles. The summed E-state index contributed by atoms with van der Waals surface area (Å²) in [4.78, 5) is 11.3. The molecule has 1 amide bonds. The lowest BCUT2D eigenvalue weighted by molar-refractivity contribution is -0.118. The third kappa shape index (κ3) is 3.11. The van der Waals surface area contributed by atoms with Crippen molar-refractivity contribution in [2.45, 2.75) is 17.4 Å². The lowest BCUT2D eigenvalue weighted by atomic mass is 10.0. The predicted molar refractivity (Wildman–Crippen MR) is 95.2 cm³/mol. The van der Waals surface area contributed by atoms with Crippen molar-refractivity contribution in [1.82, 2.24) is 4.72 Å². The molecule has 0 aliphatic carbocycles. The topological polar surface area (TPSA) is 93.7 Å². The minimum absolute atomic E-state index is 0.00222. The van der Waals surface area contributed by atoms with E-state index in [1.807, 2.05) is 18.2 Å². The largest absolute Gasteiger partial charge is 0.493 e. The van der Waals surface area contributed by atoms with Gasteiger partial charge in [0.05, 0.1) is 23.4 Å². The van der Waals surface area contributed by atoms with Crippen molar-refractivity contribution in [2.75, 3.05) is 18.5 Å². The van der Waals surface area contributed by atoms with Crippen molar-refractivity contribution in [2.24, 2.45) is 0 Å². The molecule has 26 heavy (non-hydrogen) atoms. The Kier molecular flexibility index (Phi) is 4.26. The van der Waals surface area contributed by atoms with Gasteiger partial charge in [0.2, 0.25) is 10.0 Å². The molecule has 2 aliphatic rings. The van der Waals surface area contributed by atoms with Crippen molar-refractivity contribution < 1.29 is 22.7 Å². The van der Waals surface area contributed by atoms with Gasteiger partial charge in [-0.3, -0.25) is 4.79 Å². The number of fused-ring (bicyclic) bond motifs is 2. The minimum atomic E-state index is -3.91. The quantitative estimate of drug-likeness (QED) is 0.834. The van der Waals surface area contributed by atoms with E-state index in [0.29, 0.717) is 24.5 Å². The molecule has 2 aliphatic heterocycles. The Bertz CT molecular complexity index is 993. The number of hydrogen-bond donors (Lipinski definition) is 2. The summed E-state index contributed by atoms with van der Waals surface area (Å²) in [6, 6.07) is 9.58. The first-order valence-corrected chi connectivity index (χ1v) is 9.80. The first kappa shape index (κ1) is 17.1. The van der Waals surface area contributed by atoms with Crippen molar-refractivity contribution in [3.63, 3.8) is 0 Å². The maximum Gasteiger partial charge on any atom is 0.262 e. The van der Waals surface area contributed by atoms with E-state index < -0.39 is 16.1 Å². The minimum Gasteiger partial charge on any atom is -0.493 e. The third-order valence-corrected chi connectivity index (χ3v) is 6.15. The highest BCUT2D eigenvalue weighted by Crippen LogP contribution is 2.37. The van der Waals surface area contributed by atoms with Crippen LogP contribution in [0.5, 0.6) is 11.5 Å². The Balaban J connectivity index is 1.67. The van der Waals surface area contributed by atoms with E-state index >= 15 is 0 Å². The number of carbonyl (C=O) groups excluding carboxylic acids is 1. The first-order chi connectivity index (χ1) is 12.4. The van der Waals surface area contributed by atoms with Crippen molar-refractivity contribution in [3.05, 3.63) is 47.0 Å². The molecule has 4 rings (SSSR count). The number of para-hydroxylation sites is 1. The number of rotatable bonds is 3. The van der Waals surface area contributed by atoms with E-state index in [4.69, 9.17) is 21.1 Å². The lowest BCUT2D eigenvalue weighted by Gasteiger charge is -2.27. The summed E-state index contributed by atoms with van der Waals surface area (Å²) in [5, 5.41) is 2.60. The van der Waals surface area contributed by atoms with Gasteiger partial charge in [-0.1, -0.05) is 29.8 Å². The fraction of sp³-hybridized carbons (Fsp3) is 0.235. The van der Waals surface area contributed by atoms with E-state index in [9.17, 15) is 13.2 Å². The van der Waals surface area contributed by atoms with Crippen molar-refractivity contribution >= 4 is 33.2 Å². The average Bonchev–Trinajstić information content (AvgIpc) is 2.61.